The van der Waals surface area contributed by atoms with Crippen molar-refractivity contribution in [2.24, 2.45) is 0 Å². The fourth-order valence-corrected chi connectivity index (χ4v) is 11.4. The van der Waals surface area contributed by atoms with Gasteiger partial charge in [-0.1, -0.05) is 202 Å². The number of nitrogens with one attached hydrogen (secondary N) is 1. The van der Waals surface area contributed by atoms with E-state index in [1.165, 1.54) is 92.3 Å². The number of thiophene rings is 1. The molecule has 1 N–H and O–H groups in total. The van der Waals surface area contributed by atoms with Crippen LogP contribution in [0.3, 0.4) is 0 Å². The predicted octanol–water partition coefficient (Wildman–Crippen LogP) is 19.4. The lowest BCUT2D eigenvalue weighted by molar-refractivity contribution is 0.660. The molecule has 1 aromatic heterocycles. The Labute approximate surface area is 414 Å². The zero-order valence-electron chi connectivity index (χ0n) is 39.2. The molecule has 1 aliphatic carbocycles. The summed E-state index contributed by atoms with van der Waals surface area (Å²) < 4.78 is 2.66. The number of rotatable bonds is 8. The van der Waals surface area contributed by atoms with Crippen molar-refractivity contribution in [2.45, 2.75) is 19.3 Å². The molecule has 0 aliphatic heterocycles. The number of benzene rings is 11. The number of hydrogen-bond donors (Lipinski definition) is 1. The summed E-state index contributed by atoms with van der Waals surface area (Å²) in [6.45, 7) is 4.72. The average Bonchev–Trinajstić information content (AvgIpc) is 3.90. The normalized spacial score (nSPS) is 12.3. The van der Waals surface area contributed by atoms with Crippen LogP contribution < -0.4 is 10.2 Å². The van der Waals surface area contributed by atoms with Gasteiger partial charge in [-0.2, -0.15) is 0 Å². The second-order valence-electron chi connectivity index (χ2n) is 18.6. The number of para-hydroxylation sites is 1. The van der Waals surface area contributed by atoms with E-state index in [0.717, 1.165) is 22.7 Å². The van der Waals surface area contributed by atoms with Crippen molar-refractivity contribution in [3.63, 3.8) is 0 Å². The Balaban J connectivity index is 0.000000235. The molecule has 1 aliphatic rings. The van der Waals surface area contributed by atoms with Crippen LogP contribution in [-0.4, -0.2) is 0 Å². The molecule has 11 aromatic carbocycles. The van der Waals surface area contributed by atoms with Gasteiger partial charge in [0.2, 0.25) is 0 Å². The molecule has 0 radical (unpaired) electrons. The van der Waals surface area contributed by atoms with Crippen molar-refractivity contribution >= 4 is 70.7 Å². The molecule has 0 spiro atoms. The van der Waals surface area contributed by atoms with Crippen molar-refractivity contribution in [1.82, 2.24) is 0 Å². The molecule has 2 nitrogen and oxygen atoms in total. The number of anilines is 5. The van der Waals surface area contributed by atoms with Crippen LogP contribution in [0.25, 0.3) is 75.5 Å². The molecule has 12 aromatic rings. The molecular formula is C67H50N2S. The van der Waals surface area contributed by atoms with Crippen LogP contribution in [0.4, 0.5) is 28.4 Å². The van der Waals surface area contributed by atoms with Gasteiger partial charge < -0.3 is 10.2 Å². The minimum atomic E-state index is -0.173. The molecule has 13 rings (SSSR count). The summed E-state index contributed by atoms with van der Waals surface area (Å²) in [5.74, 6) is 0. The van der Waals surface area contributed by atoms with E-state index in [4.69, 9.17) is 0 Å². The molecule has 0 saturated carbocycles. The maximum absolute atomic E-state index is 3.61. The zero-order valence-corrected chi connectivity index (χ0v) is 40.0. The lowest BCUT2D eigenvalue weighted by Crippen LogP contribution is -2.17. The molecule has 0 fully saturated rings. The largest absolute Gasteiger partial charge is 0.356 e. The van der Waals surface area contributed by atoms with E-state index in [0.29, 0.717) is 0 Å². The fraction of sp³-hybridized carbons (Fsp3) is 0.0448. The van der Waals surface area contributed by atoms with Crippen LogP contribution >= 0.6 is 11.3 Å². The summed E-state index contributed by atoms with van der Waals surface area (Å²) in [6, 6.07) is 93.9. The SMILES string of the molecule is CC1(C)c2cc(Nc3ccccc3)ccc2-c2ccc(N(c3ccc(-c4ccc5sc6ccccc6c5c4)cc3)c3cccc4ccccc34)cc21.c1ccc(-c2ccc(-c3ccccc3)cc2)cc1. The minimum absolute atomic E-state index is 0.173. The van der Waals surface area contributed by atoms with Crippen LogP contribution in [0.1, 0.15) is 25.0 Å². The Kier molecular flexibility index (Phi) is 11.1. The van der Waals surface area contributed by atoms with Crippen molar-refractivity contribution in [2.75, 3.05) is 10.2 Å². The van der Waals surface area contributed by atoms with E-state index in [1.807, 2.05) is 29.5 Å². The van der Waals surface area contributed by atoms with E-state index >= 15 is 0 Å². The standard InChI is InChI=1S/C49H36N2S.C18H14/c1-49(2)44-30-36(50-35-13-4-3-5-14-35)22-26-40(44)41-27-25-38(31-45(41)49)51(46-17-10-12-33-11-6-7-15-39(33)46)37-23-19-32(20-24-37)34-21-28-48-43(29-34)42-16-8-9-18-47(42)52-48;1-3-7-15(8-4-1)17-11-13-18(14-12-17)16-9-5-2-6-10-16/h3-31,50H,1-2H3;1-14H. The zero-order chi connectivity index (χ0) is 47.0. The predicted molar refractivity (Wildman–Crippen MR) is 302 cm³/mol. The molecule has 0 unspecified atom stereocenters. The van der Waals surface area contributed by atoms with E-state index in [-0.39, 0.29) is 5.41 Å². The van der Waals surface area contributed by atoms with Gasteiger partial charge in [-0.15, -0.1) is 11.3 Å². The van der Waals surface area contributed by atoms with Gasteiger partial charge in [0, 0.05) is 53.7 Å². The first-order valence-electron chi connectivity index (χ1n) is 24.1. The van der Waals surface area contributed by atoms with Crippen LogP contribution in [-0.2, 0) is 5.41 Å². The highest BCUT2D eigenvalue weighted by molar-refractivity contribution is 7.25. The van der Waals surface area contributed by atoms with E-state index in [1.54, 1.807) is 0 Å². The second-order valence-corrected chi connectivity index (χ2v) is 19.7. The van der Waals surface area contributed by atoms with Gasteiger partial charge in [-0.25, -0.2) is 0 Å². The smallest absolute Gasteiger partial charge is 0.0540 e. The first-order valence-corrected chi connectivity index (χ1v) is 24.9. The number of hydrogen-bond acceptors (Lipinski definition) is 3. The molecule has 3 heteroatoms. The van der Waals surface area contributed by atoms with Gasteiger partial charge in [0.05, 0.1) is 5.69 Å². The molecule has 0 saturated heterocycles. The Bertz CT molecular complexity index is 3740. The molecule has 334 valence electrons. The highest BCUT2D eigenvalue weighted by atomic mass is 32.1. The second kappa shape index (κ2) is 18.2. The molecule has 1 heterocycles. The number of nitrogens with zero attached hydrogens (tertiary/aromatic N) is 1. The summed E-state index contributed by atoms with van der Waals surface area (Å²) in [6.07, 6.45) is 0. The van der Waals surface area contributed by atoms with Gasteiger partial charge in [0.15, 0.2) is 0 Å². The third-order valence-corrected chi connectivity index (χ3v) is 15.1. The van der Waals surface area contributed by atoms with Crippen molar-refractivity contribution in [1.29, 1.82) is 0 Å². The first kappa shape index (κ1) is 42.8. The van der Waals surface area contributed by atoms with E-state index < -0.39 is 0 Å². The van der Waals surface area contributed by atoms with Crippen molar-refractivity contribution in [3.8, 4) is 44.5 Å². The Morgan fingerprint density at radius 3 is 1.54 bits per heavy atom. The monoisotopic (exact) mass is 914 g/mol. The van der Waals surface area contributed by atoms with Crippen molar-refractivity contribution in [3.05, 3.63) is 272 Å². The maximum Gasteiger partial charge on any atom is 0.0540 e. The van der Waals surface area contributed by atoms with Crippen LogP contribution in [0.15, 0.2) is 261 Å². The van der Waals surface area contributed by atoms with Gasteiger partial charge >= 0.3 is 0 Å². The fourth-order valence-electron chi connectivity index (χ4n) is 10.3. The highest BCUT2D eigenvalue weighted by Gasteiger charge is 2.36. The molecular weight excluding hydrogens is 865 g/mol. The van der Waals surface area contributed by atoms with Crippen molar-refractivity contribution < 1.29 is 0 Å². The summed E-state index contributed by atoms with van der Waals surface area (Å²) >= 11 is 1.86. The highest BCUT2D eigenvalue weighted by Crippen LogP contribution is 2.52. The summed E-state index contributed by atoms with van der Waals surface area (Å²) in [5, 5.41) is 8.71. The topological polar surface area (TPSA) is 15.3 Å². The lowest BCUT2D eigenvalue weighted by atomic mass is 9.82. The van der Waals surface area contributed by atoms with Gasteiger partial charge in [-0.3, -0.25) is 0 Å². The molecule has 0 amide bonds. The Hall–Kier alpha value is -8.50. The number of fused-ring (bicyclic) bond motifs is 7. The maximum atomic E-state index is 3.61. The molecule has 0 atom stereocenters. The third-order valence-electron chi connectivity index (χ3n) is 13.9. The Morgan fingerprint density at radius 2 is 0.843 bits per heavy atom. The quantitative estimate of drug-likeness (QED) is 0.163. The van der Waals surface area contributed by atoms with Gasteiger partial charge in [-0.05, 0) is 134 Å². The van der Waals surface area contributed by atoms with E-state index in [9.17, 15) is 0 Å². The molecule has 0 bridgehead atoms. The van der Waals surface area contributed by atoms with Gasteiger partial charge in [0.25, 0.3) is 0 Å². The van der Waals surface area contributed by atoms with Crippen LogP contribution in [0, 0.1) is 0 Å². The lowest BCUT2D eigenvalue weighted by Gasteiger charge is -2.29. The molecule has 70 heavy (non-hydrogen) atoms. The van der Waals surface area contributed by atoms with Gasteiger partial charge in [0.1, 0.15) is 0 Å². The van der Waals surface area contributed by atoms with Crippen LogP contribution in [0.2, 0.25) is 0 Å². The van der Waals surface area contributed by atoms with E-state index in [2.05, 4.69) is 267 Å². The summed E-state index contributed by atoms with van der Waals surface area (Å²) in [4.78, 5) is 2.43. The third kappa shape index (κ3) is 8.11. The Morgan fingerprint density at radius 1 is 0.343 bits per heavy atom. The summed E-state index contributed by atoms with van der Waals surface area (Å²) in [7, 11) is 0. The van der Waals surface area contributed by atoms with Crippen LogP contribution in [0.5, 0.6) is 0 Å². The summed E-state index contributed by atoms with van der Waals surface area (Å²) in [5.41, 5.74) is 18.3. The first-order chi connectivity index (χ1) is 34.4. The average molecular weight is 915 g/mol. The minimum Gasteiger partial charge on any atom is -0.356 e.